The van der Waals surface area contributed by atoms with Crippen molar-refractivity contribution in [1.82, 2.24) is 4.90 Å². The van der Waals surface area contributed by atoms with Crippen molar-refractivity contribution in [3.05, 3.63) is 37.9 Å². The molecule has 1 aromatic rings. The molecule has 0 aliphatic carbocycles. The molecule has 0 radical (unpaired) electrons. The molecule has 0 atom stereocenters. The standard InChI is InChI=1S/C13H18N4O5/c1-3-5-15(6-4-2)13(18)10-7-9(16(19)20)8-11(12(10)14)17(21)22/h7-8H,3-6,14H2,1-2H3. The summed E-state index contributed by atoms with van der Waals surface area (Å²) in [6.45, 7) is 4.66. The molecule has 0 aromatic heterocycles. The zero-order valence-corrected chi connectivity index (χ0v) is 12.4. The lowest BCUT2D eigenvalue weighted by Gasteiger charge is -2.22. The topological polar surface area (TPSA) is 133 Å². The Bertz CT molecular complexity index is 596. The molecule has 0 fully saturated rings. The number of nitrogens with zero attached hydrogens (tertiary/aromatic N) is 3. The van der Waals surface area contributed by atoms with Crippen LogP contribution in [-0.2, 0) is 0 Å². The van der Waals surface area contributed by atoms with Crippen LogP contribution >= 0.6 is 0 Å². The summed E-state index contributed by atoms with van der Waals surface area (Å²) in [6, 6.07) is 1.75. The zero-order chi connectivity index (χ0) is 16.9. The largest absolute Gasteiger partial charge is 0.392 e. The van der Waals surface area contributed by atoms with Gasteiger partial charge < -0.3 is 10.6 Å². The van der Waals surface area contributed by atoms with Gasteiger partial charge in [0.1, 0.15) is 5.69 Å². The number of benzene rings is 1. The fraction of sp³-hybridized carbons (Fsp3) is 0.462. The predicted molar refractivity (Wildman–Crippen MR) is 80.6 cm³/mol. The second-order valence-corrected chi connectivity index (χ2v) is 4.73. The molecule has 0 saturated carbocycles. The molecular formula is C13H18N4O5. The van der Waals surface area contributed by atoms with Crippen LogP contribution in [0.15, 0.2) is 12.1 Å². The van der Waals surface area contributed by atoms with Crippen LogP contribution < -0.4 is 5.73 Å². The summed E-state index contributed by atoms with van der Waals surface area (Å²) >= 11 is 0. The molecule has 1 rings (SSSR count). The highest BCUT2D eigenvalue weighted by molar-refractivity contribution is 6.01. The zero-order valence-electron chi connectivity index (χ0n) is 12.4. The summed E-state index contributed by atoms with van der Waals surface area (Å²) in [5, 5.41) is 21.9. The first-order valence-corrected chi connectivity index (χ1v) is 6.85. The Morgan fingerprint density at radius 1 is 1.14 bits per heavy atom. The number of carbonyl (C=O) groups is 1. The smallest absolute Gasteiger partial charge is 0.299 e. The highest BCUT2D eigenvalue weighted by atomic mass is 16.6. The lowest BCUT2D eigenvalue weighted by atomic mass is 10.1. The minimum Gasteiger partial charge on any atom is -0.392 e. The van der Waals surface area contributed by atoms with Gasteiger partial charge >= 0.3 is 0 Å². The molecule has 22 heavy (non-hydrogen) atoms. The maximum absolute atomic E-state index is 12.5. The van der Waals surface area contributed by atoms with Gasteiger partial charge in [-0.15, -0.1) is 0 Å². The number of anilines is 1. The molecule has 9 heteroatoms. The van der Waals surface area contributed by atoms with Gasteiger partial charge in [-0.1, -0.05) is 13.8 Å². The molecule has 9 nitrogen and oxygen atoms in total. The van der Waals surface area contributed by atoms with Crippen molar-refractivity contribution >= 4 is 23.0 Å². The third-order valence-corrected chi connectivity index (χ3v) is 3.06. The van der Waals surface area contributed by atoms with Crippen molar-refractivity contribution in [2.24, 2.45) is 0 Å². The van der Waals surface area contributed by atoms with E-state index < -0.39 is 27.1 Å². The minimum atomic E-state index is -0.830. The van der Waals surface area contributed by atoms with E-state index in [2.05, 4.69) is 0 Å². The summed E-state index contributed by atoms with van der Waals surface area (Å²) in [5.74, 6) is -0.534. The summed E-state index contributed by atoms with van der Waals surface area (Å²) in [6.07, 6.45) is 1.39. The molecule has 0 heterocycles. The van der Waals surface area contributed by atoms with Crippen molar-refractivity contribution in [2.45, 2.75) is 26.7 Å². The normalized spacial score (nSPS) is 10.3. The van der Waals surface area contributed by atoms with E-state index in [1.54, 1.807) is 0 Å². The Balaban J connectivity index is 3.40. The van der Waals surface area contributed by atoms with Gasteiger partial charge in [0.2, 0.25) is 0 Å². The van der Waals surface area contributed by atoms with Gasteiger partial charge in [0.25, 0.3) is 17.3 Å². The summed E-state index contributed by atoms with van der Waals surface area (Å²) in [5.41, 5.74) is 3.95. The van der Waals surface area contributed by atoms with E-state index >= 15 is 0 Å². The summed E-state index contributed by atoms with van der Waals surface area (Å²) < 4.78 is 0. The van der Waals surface area contributed by atoms with Crippen LogP contribution in [-0.4, -0.2) is 33.7 Å². The molecule has 0 spiro atoms. The number of nitrogen functional groups attached to an aromatic ring is 1. The lowest BCUT2D eigenvalue weighted by Crippen LogP contribution is -2.33. The first-order chi connectivity index (χ1) is 10.3. The third-order valence-electron chi connectivity index (χ3n) is 3.06. The summed E-state index contributed by atoms with van der Waals surface area (Å²) in [4.78, 5) is 34.2. The average molecular weight is 310 g/mol. The number of nitrogens with two attached hydrogens (primary N) is 1. The molecule has 0 unspecified atom stereocenters. The summed E-state index contributed by atoms with van der Waals surface area (Å²) in [7, 11) is 0. The quantitative estimate of drug-likeness (QED) is 0.467. The number of amides is 1. The van der Waals surface area contributed by atoms with Crippen LogP contribution in [0.5, 0.6) is 0 Å². The molecule has 0 saturated heterocycles. The van der Waals surface area contributed by atoms with Gasteiger partial charge in [-0.25, -0.2) is 0 Å². The number of hydrogen-bond acceptors (Lipinski definition) is 6. The molecule has 0 aliphatic rings. The molecule has 0 bridgehead atoms. The van der Waals surface area contributed by atoms with E-state index in [-0.39, 0.29) is 11.3 Å². The van der Waals surface area contributed by atoms with Gasteiger partial charge in [-0.2, -0.15) is 0 Å². The molecule has 1 aromatic carbocycles. The Kier molecular flexibility index (Phi) is 5.79. The highest BCUT2D eigenvalue weighted by Gasteiger charge is 2.27. The maximum atomic E-state index is 12.5. The van der Waals surface area contributed by atoms with Gasteiger partial charge in [0.05, 0.1) is 21.5 Å². The van der Waals surface area contributed by atoms with Gasteiger partial charge in [-0.05, 0) is 12.8 Å². The lowest BCUT2D eigenvalue weighted by molar-refractivity contribution is -0.393. The second-order valence-electron chi connectivity index (χ2n) is 4.73. The minimum absolute atomic E-state index is 0.206. The van der Waals surface area contributed by atoms with Crippen molar-refractivity contribution < 1.29 is 14.6 Å². The van der Waals surface area contributed by atoms with Gasteiger partial charge in [0, 0.05) is 19.2 Å². The Hall–Kier alpha value is -2.71. The highest BCUT2D eigenvalue weighted by Crippen LogP contribution is 2.31. The second kappa shape index (κ2) is 7.34. The van der Waals surface area contributed by atoms with E-state index in [9.17, 15) is 25.0 Å². The maximum Gasteiger partial charge on any atom is 0.299 e. The Morgan fingerprint density at radius 3 is 2.09 bits per heavy atom. The van der Waals surface area contributed by atoms with Gasteiger partial charge in [0.15, 0.2) is 0 Å². The van der Waals surface area contributed by atoms with Crippen molar-refractivity contribution in [1.29, 1.82) is 0 Å². The van der Waals surface area contributed by atoms with Gasteiger partial charge in [-0.3, -0.25) is 25.0 Å². The van der Waals surface area contributed by atoms with Crippen LogP contribution in [0.1, 0.15) is 37.0 Å². The van der Waals surface area contributed by atoms with Crippen LogP contribution in [0, 0.1) is 20.2 Å². The van der Waals surface area contributed by atoms with E-state index in [1.165, 1.54) is 4.90 Å². The fourth-order valence-electron chi connectivity index (χ4n) is 2.08. The molecular weight excluding hydrogens is 292 g/mol. The van der Waals surface area contributed by atoms with Crippen LogP contribution in [0.3, 0.4) is 0 Å². The van der Waals surface area contributed by atoms with E-state index in [0.717, 1.165) is 12.1 Å². The molecule has 120 valence electrons. The van der Waals surface area contributed by atoms with E-state index in [4.69, 9.17) is 5.73 Å². The fourth-order valence-corrected chi connectivity index (χ4v) is 2.08. The Morgan fingerprint density at radius 2 is 1.68 bits per heavy atom. The number of rotatable bonds is 7. The molecule has 2 N–H and O–H groups in total. The predicted octanol–water partition coefficient (Wildman–Crippen LogP) is 2.35. The van der Waals surface area contributed by atoms with Crippen molar-refractivity contribution in [3.63, 3.8) is 0 Å². The van der Waals surface area contributed by atoms with Crippen molar-refractivity contribution in [2.75, 3.05) is 18.8 Å². The van der Waals surface area contributed by atoms with Crippen molar-refractivity contribution in [3.8, 4) is 0 Å². The molecule has 0 aliphatic heterocycles. The third kappa shape index (κ3) is 3.68. The number of carbonyl (C=O) groups excluding carboxylic acids is 1. The SMILES string of the molecule is CCCN(CCC)C(=O)c1cc([N+](=O)[O-])cc([N+](=O)[O-])c1N. The molecule has 1 amide bonds. The first kappa shape index (κ1) is 17.3. The number of nitro benzene ring substituents is 2. The van der Waals surface area contributed by atoms with Crippen LogP contribution in [0.2, 0.25) is 0 Å². The number of non-ortho nitro benzene ring substituents is 1. The average Bonchev–Trinajstić information content (AvgIpc) is 2.46. The van der Waals surface area contributed by atoms with Crippen LogP contribution in [0.4, 0.5) is 17.1 Å². The Labute approximate surface area is 127 Å². The van der Waals surface area contributed by atoms with E-state index in [1.807, 2.05) is 13.8 Å². The first-order valence-electron chi connectivity index (χ1n) is 6.85. The number of hydrogen-bond donors (Lipinski definition) is 1. The monoisotopic (exact) mass is 310 g/mol. The number of nitro groups is 2. The van der Waals surface area contributed by atoms with E-state index in [0.29, 0.717) is 25.9 Å². The van der Waals surface area contributed by atoms with Crippen LogP contribution in [0.25, 0.3) is 0 Å².